The molecule has 2 aliphatic rings. The summed E-state index contributed by atoms with van der Waals surface area (Å²) in [5, 5.41) is 9.24. The number of amides is 1. The second-order valence-electron chi connectivity index (χ2n) is 5.88. The number of hydrogen-bond donors (Lipinski definition) is 1. The van der Waals surface area contributed by atoms with Gasteiger partial charge in [-0.25, -0.2) is 9.18 Å². The van der Waals surface area contributed by atoms with Crippen molar-refractivity contribution in [1.82, 2.24) is 4.90 Å². The zero-order valence-electron chi connectivity index (χ0n) is 11.7. The summed E-state index contributed by atoms with van der Waals surface area (Å²) in [4.78, 5) is 25.3. The van der Waals surface area contributed by atoms with Gasteiger partial charge in [0.1, 0.15) is 11.9 Å². The van der Waals surface area contributed by atoms with E-state index in [9.17, 15) is 19.1 Å². The molecular weight excluding hydrogens is 273 g/mol. The molecule has 1 saturated carbocycles. The summed E-state index contributed by atoms with van der Waals surface area (Å²) >= 11 is 0. The van der Waals surface area contributed by atoms with E-state index in [-0.39, 0.29) is 23.6 Å². The lowest BCUT2D eigenvalue weighted by atomic mass is 10.0. The van der Waals surface area contributed by atoms with Crippen molar-refractivity contribution < 1.29 is 19.1 Å². The molecule has 1 heterocycles. The Kier molecular flexibility index (Phi) is 3.66. The number of hydrogen-bond acceptors (Lipinski definition) is 2. The molecule has 112 valence electrons. The molecule has 1 saturated heterocycles. The first-order valence-corrected chi connectivity index (χ1v) is 7.36. The largest absolute Gasteiger partial charge is 0.480 e. The molecule has 3 atom stereocenters. The first kappa shape index (κ1) is 14.0. The van der Waals surface area contributed by atoms with E-state index in [1.54, 1.807) is 12.1 Å². The van der Waals surface area contributed by atoms with Crippen LogP contribution in [-0.2, 0) is 9.59 Å². The van der Waals surface area contributed by atoms with Crippen LogP contribution in [0.15, 0.2) is 24.3 Å². The molecule has 5 heteroatoms. The van der Waals surface area contributed by atoms with Crippen LogP contribution in [0, 0.1) is 11.7 Å². The number of nitrogens with zero attached hydrogens (tertiary/aromatic N) is 1. The molecule has 0 bridgehead atoms. The maximum Gasteiger partial charge on any atom is 0.326 e. The van der Waals surface area contributed by atoms with Gasteiger partial charge < -0.3 is 10.0 Å². The number of likely N-dealkylation sites (tertiary alicyclic amines) is 1. The fraction of sp³-hybridized carbons (Fsp3) is 0.500. The predicted molar refractivity (Wildman–Crippen MR) is 74.2 cm³/mol. The summed E-state index contributed by atoms with van der Waals surface area (Å²) in [5.74, 6) is -1.30. The third-order valence-electron chi connectivity index (χ3n) is 4.48. The first-order chi connectivity index (χ1) is 10.1. The van der Waals surface area contributed by atoms with Gasteiger partial charge in [-0.2, -0.15) is 0 Å². The molecule has 0 spiro atoms. The van der Waals surface area contributed by atoms with Crippen LogP contribution in [0.1, 0.15) is 37.2 Å². The third-order valence-corrected chi connectivity index (χ3v) is 4.48. The van der Waals surface area contributed by atoms with Crippen molar-refractivity contribution in [1.29, 1.82) is 0 Å². The van der Waals surface area contributed by atoms with E-state index in [1.807, 2.05) is 0 Å². The van der Waals surface area contributed by atoms with Crippen molar-refractivity contribution >= 4 is 11.9 Å². The van der Waals surface area contributed by atoms with Gasteiger partial charge >= 0.3 is 5.97 Å². The topological polar surface area (TPSA) is 57.6 Å². The molecule has 4 nitrogen and oxygen atoms in total. The minimum atomic E-state index is -0.915. The van der Waals surface area contributed by atoms with E-state index in [1.165, 1.54) is 17.0 Å². The maximum atomic E-state index is 12.9. The van der Waals surface area contributed by atoms with Crippen LogP contribution in [0.2, 0.25) is 0 Å². The van der Waals surface area contributed by atoms with Crippen molar-refractivity contribution in [2.45, 2.75) is 37.6 Å². The Balaban J connectivity index is 1.69. The van der Waals surface area contributed by atoms with Gasteiger partial charge in [0.25, 0.3) is 0 Å². The van der Waals surface area contributed by atoms with Crippen molar-refractivity contribution in [3.8, 4) is 0 Å². The monoisotopic (exact) mass is 291 g/mol. The minimum absolute atomic E-state index is 0.0589. The van der Waals surface area contributed by atoms with Crippen LogP contribution >= 0.6 is 0 Å². The van der Waals surface area contributed by atoms with E-state index < -0.39 is 12.0 Å². The number of carboxylic acids is 1. The average Bonchev–Trinajstić information content (AvgIpc) is 3.27. The Morgan fingerprint density at radius 1 is 1.19 bits per heavy atom. The number of halogens is 1. The molecule has 1 aliphatic heterocycles. The SMILES string of the molecule is O=C(O)[C@@H]1CCCCN1C(=O)[C@@H]1C[C@@H]1c1ccc(F)cc1. The lowest BCUT2D eigenvalue weighted by Crippen LogP contribution is -2.48. The van der Waals surface area contributed by atoms with Crippen molar-refractivity contribution in [2.24, 2.45) is 5.92 Å². The lowest BCUT2D eigenvalue weighted by molar-refractivity contribution is -0.152. The number of piperidine rings is 1. The van der Waals surface area contributed by atoms with E-state index in [2.05, 4.69) is 0 Å². The molecule has 0 radical (unpaired) electrons. The smallest absolute Gasteiger partial charge is 0.326 e. The fourth-order valence-electron chi connectivity index (χ4n) is 3.21. The van der Waals surface area contributed by atoms with Crippen LogP contribution in [0.25, 0.3) is 0 Å². The van der Waals surface area contributed by atoms with E-state index in [0.717, 1.165) is 24.8 Å². The lowest BCUT2D eigenvalue weighted by Gasteiger charge is -2.33. The molecule has 1 aromatic rings. The number of aliphatic carboxylic acids is 1. The highest BCUT2D eigenvalue weighted by atomic mass is 19.1. The van der Waals surface area contributed by atoms with Crippen LogP contribution < -0.4 is 0 Å². The Hall–Kier alpha value is -1.91. The van der Waals surface area contributed by atoms with Gasteiger partial charge in [-0.3, -0.25) is 4.79 Å². The molecule has 0 unspecified atom stereocenters. The Morgan fingerprint density at radius 3 is 2.57 bits per heavy atom. The molecule has 1 amide bonds. The molecule has 1 aliphatic carbocycles. The predicted octanol–water partition coefficient (Wildman–Crippen LogP) is 2.39. The standard InChI is InChI=1S/C16H18FNO3/c17-11-6-4-10(5-7-11)12-9-13(12)15(19)18-8-2-1-3-14(18)16(20)21/h4-7,12-14H,1-3,8-9H2,(H,20,21)/t12-,13-,14+/m1/s1. The molecule has 21 heavy (non-hydrogen) atoms. The summed E-state index contributed by atoms with van der Waals surface area (Å²) in [5.41, 5.74) is 0.957. The minimum Gasteiger partial charge on any atom is -0.480 e. The Bertz CT molecular complexity index is 557. The molecule has 0 aromatic heterocycles. The molecule has 1 aromatic carbocycles. The van der Waals surface area contributed by atoms with Crippen molar-refractivity contribution in [3.63, 3.8) is 0 Å². The second-order valence-corrected chi connectivity index (χ2v) is 5.88. The number of carboxylic acid groups (broad SMARTS) is 1. The van der Waals surface area contributed by atoms with E-state index in [0.29, 0.717) is 13.0 Å². The van der Waals surface area contributed by atoms with Gasteiger partial charge in [0.15, 0.2) is 0 Å². The summed E-state index contributed by atoms with van der Waals surface area (Å²) in [6, 6.07) is 5.53. The average molecular weight is 291 g/mol. The van der Waals surface area contributed by atoms with Gasteiger partial charge in [0.05, 0.1) is 0 Å². The van der Waals surface area contributed by atoms with Crippen LogP contribution in [0.5, 0.6) is 0 Å². The highest BCUT2D eigenvalue weighted by Crippen LogP contribution is 2.49. The van der Waals surface area contributed by atoms with Crippen molar-refractivity contribution in [3.05, 3.63) is 35.6 Å². The number of rotatable bonds is 3. The maximum absolute atomic E-state index is 12.9. The zero-order chi connectivity index (χ0) is 15.0. The Morgan fingerprint density at radius 2 is 1.90 bits per heavy atom. The Labute approximate surface area is 122 Å². The van der Waals surface area contributed by atoms with E-state index >= 15 is 0 Å². The summed E-state index contributed by atoms with van der Waals surface area (Å²) in [7, 11) is 0. The number of carbonyl (C=O) groups is 2. The van der Waals surface area contributed by atoms with E-state index in [4.69, 9.17) is 0 Å². The van der Waals surface area contributed by atoms with Gasteiger partial charge in [-0.15, -0.1) is 0 Å². The second kappa shape index (κ2) is 5.47. The van der Waals surface area contributed by atoms with Crippen LogP contribution in [-0.4, -0.2) is 34.5 Å². The van der Waals surface area contributed by atoms with Crippen LogP contribution in [0.3, 0.4) is 0 Å². The summed E-state index contributed by atoms with van der Waals surface area (Å²) in [6.45, 7) is 0.530. The fourth-order valence-corrected chi connectivity index (χ4v) is 3.21. The molecule has 1 N–H and O–H groups in total. The number of carbonyl (C=O) groups excluding carboxylic acids is 1. The van der Waals surface area contributed by atoms with Crippen LogP contribution in [0.4, 0.5) is 4.39 Å². The normalized spacial score (nSPS) is 28.2. The molecule has 3 rings (SSSR count). The molecule has 2 fully saturated rings. The van der Waals surface area contributed by atoms with Gasteiger partial charge in [-0.05, 0) is 49.3 Å². The van der Waals surface area contributed by atoms with Gasteiger partial charge in [0, 0.05) is 12.5 Å². The van der Waals surface area contributed by atoms with Gasteiger partial charge in [-0.1, -0.05) is 12.1 Å². The number of benzene rings is 1. The highest BCUT2D eigenvalue weighted by Gasteiger charge is 2.48. The van der Waals surface area contributed by atoms with Gasteiger partial charge in [0.2, 0.25) is 5.91 Å². The molecular formula is C16H18FNO3. The zero-order valence-corrected chi connectivity index (χ0v) is 11.7. The summed E-state index contributed by atoms with van der Waals surface area (Å²) < 4.78 is 12.9. The summed E-state index contributed by atoms with van der Waals surface area (Å²) in [6.07, 6.45) is 2.98. The quantitative estimate of drug-likeness (QED) is 0.930. The third kappa shape index (κ3) is 2.77. The van der Waals surface area contributed by atoms with Crippen molar-refractivity contribution in [2.75, 3.05) is 6.54 Å². The highest BCUT2D eigenvalue weighted by molar-refractivity contribution is 5.87. The first-order valence-electron chi connectivity index (χ1n) is 7.36.